The Hall–Kier alpha value is -3.71. The van der Waals surface area contributed by atoms with E-state index in [-0.39, 0.29) is 75.8 Å². The van der Waals surface area contributed by atoms with Crippen molar-refractivity contribution in [2.75, 3.05) is 14.2 Å². The van der Waals surface area contributed by atoms with Gasteiger partial charge in [-0.25, -0.2) is 0 Å². The fourth-order valence-corrected chi connectivity index (χ4v) is 18.9. The maximum Gasteiger partial charge on any atom is 0.313 e. The number of allylic oxidation sites excluding steroid dienone is 12. The molecule has 5 rings (SSSR count). The van der Waals surface area contributed by atoms with Gasteiger partial charge in [-0.1, -0.05) is 187 Å². The number of esters is 3. The average Bonchev–Trinajstić information content (AvgIpc) is 0.815. The minimum absolute atomic E-state index is 0.0130. The molecule has 21 nitrogen and oxygen atoms in total. The van der Waals surface area contributed by atoms with Crippen molar-refractivity contribution >= 4 is 51.2 Å². The molecule has 0 aromatic carbocycles. The van der Waals surface area contributed by atoms with Gasteiger partial charge < -0.3 is 69.8 Å². The Morgan fingerprint density at radius 1 is 0.557 bits per heavy atom. The number of methoxy groups -OCH3 is 2. The average molecular weight is 1560 g/mol. The minimum Gasteiger partial charge on any atom is -0.469 e. The molecule has 106 heavy (non-hydrogen) atoms. The van der Waals surface area contributed by atoms with Crippen molar-refractivity contribution in [2.24, 2.45) is 22.9 Å². The number of hydrogen-bond acceptors (Lipinski definition) is 19. The van der Waals surface area contributed by atoms with Crippen LogP contribution >= 0.6 is 0 Å². The lowest BCUT2D eigenvalue weighted by Gasteiger charge is -2.52. The smallest absolute Gasteiger partial charge is 0.313 e. The van der Waals surface area contributed by atoms with Crippen LogP contribution in [-0.2, 0) is 84.2 Å². The Bertz CT molecular complexity index is 3130. The van der Waals surface area contributed by atoms with Gasteiger partial charge >= 0.3 is 17.9 Å². The number of ether oxygens (including phenoxy) is 11. The zero-order valence-corrected chi connectivity index (χ0v) is 74.8. The van der Waals surface area contributed by atoms with Gasteiger partial charge in [0, 0.05) is 57.0 Å². The first-order valence-corrected chi connectivity index (χ1v) is 50.4. The monoisotopic (exact) mass is 1560 g/mol. The highest BCUT2D eigenvalue weighted by Crippen LogP contribution is 2.50. The normalized spacial score (nSPS) is 35.7. The van der Waals surface area contributed by atoms with E-state index < -0.39 is 148 Å². The molecular weight excluding hydrogens is 1420 g/mol. The van der Waals surface area contributed by atoms with Crippen molar-refractivity contribution in [1.29, 1.82) is 0 Å². The number of carbonyl (C=O) groups excluding carboxylic acids is 3. The fourth-order valence-electron chi connectivity index (χ4n) is 13.4. The number of cyclic esters (lactones) is 1. The molecule has 0 radical (unpaired) electrons. The van der Waals surface area contributed by atoms with Gasteiger partial charge in [0.1, 0.15) is 18.1 Å². The topological polar surface area (TPSA) is 238 Å². The van der Waals surface area contributed by atoms with Gasteiger partial charge in [-0.05, 0) is 138 Å². The summed E-state index contributed by atoms with van der Waals surface area (Å²) >= 11 is 0. The Morgan fingerprint density at radius 2 is 1.04 bits per heavy atom. The van der Waals surface area contributed by atoms with Crippen LogP contribution in [0, 0.1) is 17.8 Å². The van der Waals surface area contributed by atoms with Crippen LogP contribution in [0.15, 0.2) is 90.2 Å². The van der Waals surface area contributed by atoms with E-state index in [9.17, 15) is 19.9 Å². The summed E-state index contributed by atoms with van der Waals surface area (Å²) in [5, 5.41) is 3.45. The standard InChI is InChI=1S/C81H141N3O18Si4/c1-54-44-42-40-38-36-34-32-33-35-37-39-41-43-45-59(93-74-72(92-58(5)85)69(83-84-82)71(57(4)91-74)102-106(30,31)78(15,16)17)49-65-68(73(87)88-22)66(100-104(26,27)76(9,10)11)53-81(89-23,98-65)52-62(99-103(24,25)75(6,7)8)50-64-63(96-80(20,21)97-64)47-46-60-48-61(95-79(18,19)94-60)51-67(86)90-56(3)55(2)70(54)101-105(28,29)77(12,13)14/h32-45,54-57,59-66,68-72,74H,46-53H2,1-31H3/b33-32+,36-34+,37-35+,40-38+,41-39+,44-42+,45-43+/t54-,55-,56-,57+,59-,60+,61+,62-,63+,64+,65-,66-,68-,69-,70+,71+,72+,74-,81+/m0/s1. The van der Waals surface area contributed by atoms with Gasteiger partial charge in [0.25, 0.3) is 0 Å². The molecule has 4 bridgehead atoms. The number of fused-ring (bicyclic) bond motifs is 5. The predicted octanol–water partition coefficient (Wildman–Crippen LogP) is 19.1. The lowest BCUT2D eigenvalue weighted by atomic mass is 9.82. The molecule has 0 unspecified atom stereocenters. The molecule has 604 valence electrons. The summed E-state index contributed by atoms with van der Waals surface area (Å²) in [5.41, 5.74) is 10.3. The van der Waals surface area contributed by atoms with Gasteiger partial charge in [-0.15, -0.1) is 0 Å². The lowest BCUT2D eigenvalue weighted by molar-refractivity contribution is -0.315. The van der Waals surface area contributed by atoms with Crippen molar-refractivity contribution in [1.82, 2.24) is 0 Å². The zero-order chi connectivity index (χ0) is 80.2. The van der Waals surface area contributed by atoms with Crippen molar-refractivity contribution in [3.05, 3.63) is 95.5 Å². The zero-order valence-electron chi connectivity index (χ0n) is 70.8. The molecule has 5 aliphatic heterocycles. The van der Waals surface area contributed by atoms with Crippen LogP contribution < -0.4 is 0 Å². The largest absolute Gasteiger partial charge is 0.469 e. The van der Waals surface area contributed by atoms with Crippen LogP contribution in [0.25, 0.3) is 10.4 Å². The molecule has 0 saturated carbocycles. The van der Waals surface area contributed by atoms with E-state index in [0.29, 0.717) is 25.7 Å². The first-order chi connectivity index (χ1) is 48.6. The van der Waals surface area contributed by atoms with Crippen LogP contribution in [-0.4, -0.2) is 174 Å². The summed E-state index contributed by atoms with van der Waals surface area (Å²) in [6.07, 6.45) is 19.5. The summed E-state index contributed by atoms with van der Waals surface area (Å²) in [7, 11) is -7.29. The molecule has 0 N–H and O–H groups in total. The van der Waals surface area contributed by atoms with E-state index in [2.05, 4.69) is 165 Å². The van der Waals surface area contributed by atoms with Gasteiger partial charge in [0.2, 0.25) is 0 Å². The van der Waals surface area contributed by atoms with E-state index in [4.69, 9.17) is 69.8 Å². The first-order valence-electron chi connectivity index (χ1n) is 38.8. The number of nitrogens with zero attached hydrogens (tertiary/aromatic N) is 3. The molecule has 0 aliphatic carbocycles. The second-order valence-corrected chi connectivity index (χ2v) is 56.2. The molecular formula is C81H141N3O18Si4. The van der Waals surface area contributed by atoms with Gasteiger partial charge in [-0.2, -0.15) is 0 Å². The highest BCUT2D eigenvalue weighted by Gasteiger charge is 2.58. The number of carbonyl (C=O) groups is 3. The number of rotatable bonds is 14. The summed E-state index contributed by atoms with van der Waals surface area (Å²) in [5.74, 6) is -6.18. The molecule has 4 fully saturated rings. The highest BCUT2D eigenvalue weighted by molar-refractivity contribution is 6.75. The minimum atomic E-state index is -2.75. The van der Waals surface area contributed by atoms with Crippen LogP contribution in [0.3, 0.4) is 0 Å². The molecule has 0 aromatic rings. The fraction of sp³-hybridized carbons (Fsp3) is 0.790. The van der Waals surface area contributed by atoms with Crippen molar-refractivity contribution in [2.45, 2.75) is 378 Å². The summed E-state index contributed by atoms with van der Waals surface area (Å²) in [6, 6.07) is -1.07. The predicted molar refractivity (Wildman–Crippen MR) is 429 cm³/mol. The quantitative estimate of drug-likeness (QED) is 0.0392. The Labute approximate surface area is 642 Å². The maximum absolute atomic E-state index is 15.0. The maximum atomic E-state index is 15.0. The third kappa shape index (κ3) is 26.5. The van der Waals surface area contributed by atoms with E-state index in [1.807, 2.05) is 121 Å². The molecule has 0 spiro atoms. The Kier molecular flexibility index (Phi) is 33.1. The Morgan fingerprint density at radius 3 is 1.55 bits per heavy atom. The van der Waals surface area contributed by atoms with E-state index in [0.717, 1.165) is 0 Å². The molecule has 4 saturated heterocycles. The van der Waals surface area contributed by atoms with Crippen LogP contribution in [0.2, 0.25) is 72.5 Å². The van der Waals surface area contributed by atoms with Crippen molar-refractivity contribution < 1.29 is 84.2 Å². The van der Waals surface area contributed by atoms with Gasteiger partial charge in [0.05, 0.1) is 80.7 Å². The molecule has 19 atom stereocenters. The van der Waals surface area contributed by atoms with E-state index >= 15 is 0 Å². The second-order valence-electron chi connectivity index (χ2n) is 37.2. The van der Waals surface area contributed by atoms with Crippen LogP contribution in [0.5, 0.6) is 0 Å². The summed E-state index contributed by atoms with van der Waals surface area (Å²) in [4.78, 5) is 45.8. The molecule has 5 heterocycles. The summed E-state index contributed by atoms with van der Waals surface area (Å²) in [6.45, 7) is 60.6. The molecule has 0 amide bonds. The van der Waals surface area contributed by atoms with E-state index in [1.54, 1.807) is 7.11 Å². The lowest BCUT2D eigenvalue weighted by Crippen LogP contribution is -2.62. The SMILES string of the molecule is COC(=O)[C@H]1[C@@H]2C[C@@H](O[C@@H]3O[C@H](C)[C@@H](O[Si](C)(C)C(C)(C)C)[C@H](N=[N+]=[N-])[C@H]3OC(C)=O)/C=C/C=C/C=C/C=C/C=C/C=C/C=C/[C@H](C)[C@@H](O[Si](C)(C)C(C)(C)C)[C@@H](C)[C@H](C)OC(=O)C[C@H]3C[C@@H](CC[C@H]4OC(C)(C)O[C@@H]4C[C@H](O[Si](C)(C)C(C)(C)C)C[C@](OC)(C[C@@H]1O[Si](C)(C)C(C)(C)C)O2)OC(C)(C)O3. The van der Waals surface area contributed by atoms with Crippen molar-refractivity contribution in [3.8, 4) is 0 Å². The number of hydrogen-bond donors (Lipinski definition) is 0. The third-order valence-corrected chi connectivity index (χ3v) is 41.5. The second kappa shape index (κ2) is 37.7. The molecule has 5 aliphatic rings. The van der Waals surface area contributed by atoms with Gasteiger partial charge in [-0.3, -0.25) is 14.4 Å². The first kappa shape index (κ1) is 92.9. The van der Waals surface area contributed by atoms with Gasteiger partial charge in [0.15, 0.2) is 63.0 Å². The van der Waals surface area contributed by atoms with Crippen molar-refractivity contribution in [3.63, 3.8) is 0 Å². The van der Waals surface area contributed by atoms with Crippen LogP contribution in [0.4, 0.5) is 0 Å². The summed E-state index contributed by atoms with van der Waals surface area (Å²) < 4.78 is 103. The highest BCUT2D eigenvalue weighted by atomic mass is 28.4. The third-order valence-electron chi connectivity index (χ3n) is 23.5. The van der Waals surface area contributed by atoms with E-state index in [1.165, 1.54) is 14.0 Å². The van der Waals surface area contributed by atoms with Crippen LogP contribution in [0.1, 0.15) is 197 Å². The Balaban J connectivity index is 1.72. The number of azide groups is 1. The molecule has 0 aromatic heterocycles. The molecule has 25 heteroatoms.